The van der Waals surface area contributed by atoms with Crippen molar-refractivity contribution in [3.8, 4) is 5.75 Å². The van der Waals surface area contributed by atoms with Crippen LogP contribution in [0.5, 0.6) is 5.75 Å². The number of ether oxygens (including phenoxy) is 2. The van der Waals surface area contributed by atoms with Crippen molar-refractivity contribution in [1.82, 2.24) is 0 Å². The molecular formula is C23H25NO5. The first kappa shape index (κ1) is 20.6. The lowest BCUT2D eigenvalue weighted by atomic mass is 10.0. The van der Waals surface area contributed by atoms with Crippen molar-refractivity contribution >= 4 is 23.3 Å². The molecule has 1 aliphatic heterocycles. The molecule has 1 saturated heterocycles. The van der Waals surface area contributed by atoms with Crippen molar-refractivity contribution in [2.75, 3.05) is 24.7 Å². The van der Waals surface area contributed by atoms with E-state index in [9.17, 15) is 14.4 Å². The van der Waals surface area contributed by atoms with Gasteiger partial charge in [0.15, 0.2) is 19.0 Å². The second kappa shape index (κ2) is 9.37. The Morgan fingerprint density at radius 1 is 1.07 bits per heavy atom. The van der Waals surface area contributed by atoms with E-state index in [2.05, 4.69) is 0 Å². The number of Topliss-reactive ketones (excluding diaryl/α,β-unsaturated/α-hetero) is 1. The number of carbonyl (C=O) groups is 3. The Morgan fingerprint density at radius 3 is 2.59 bits per heavy atom. The number of anilines is 1. The number of amides is 1. The van der Waals surface area contributed by atoms with E-state index >= 15 is 0 Å². The second-order valence-electron chi connectivity index (χ2n) is 7.26. The van der Waals surface area contributed by atoms with Crippen LogP contribution in [0.2, 0.25) is 0 Å². The minimum Gasteiger partial charge on any atom is -0.482 e. The molecule has 0 aliphatic carbocycles. The number of hydrogen-bond acceptors (Lipinski definition) is 5. The van der Waals surface area contributed by atoms with Crippen LogP contribution in [-0.2, 0) is 14.3 Å². The fourth-order valence-electron chi connectivity index (χ4n) is 3.27. The molecule has 1 fully saturated rings. The highest BCUT2D eigenvalue weighted by Gasteiger charge is 2.22. The van der Waals surface area contributed by atoms with Crippen LogP contribution < -0.4 is 9.64 Å². The summed E-state index contributed by atoms with van der Waals surface area (Å²) in [7, 11) is 0. The van der Waals surface area contributed by atoms with Crippen LogP contribution in [0.15, 0.2) is 48.5 Å². The lowest BCUT2D eigenvalue weighted by molar-refractivity contribution is -0.144. The Balaban J connectivity index is 1.53. The lowest BCUT2D eigenvalue weighted by Crippen LogP contribution is -2.24. The van der Waals surface area contributed by atoms with Gasteiger partial charge >= 0.3 is 5.97 Å². The molecule has 1 aliphatic rings. The maximum atomic E-state index is 12.4. The van der Waals surface area contributed by atoms with Gasteiger partial charge in [0.05, 0.1) is 0 Å². The molecular weight excluding hydrogens is 370 g/mol. The minimum absolute atomic E-state index is 0.0554. The summed E-state index contributed by atoms with van der Waals surface area (Å²) in [4.78, 5) is 37.9. The van der Waals surface area contributed by atoms with Gasteiger partial charge in [0.25, 0.3) is 0 Å². The average Bonchev–Trinajstić information content (AvgIpc) is 3.16. The zero-order valence-electron chi connectivity index (χ0n) is 16.7. The molecule has 0 bridgehead atoms. The summed E-state index contributed by atoms with van der Waals surface area (Å²) >= 11 is 0. The van der Waals surface area contributed by atoms with Gasteiger partial charge in [-0.15, -0.1) is 0 Å². The molecule has 0 unspecified atom stereocenters. The van der Waals surface area contributed by atoms with Crippen molar-refractivity contribution in [3.63, 3.8) is 0 Å². The highest BCUT2D eigenvalue weighted by Crippen LogP contribution is 2.26. The van der Waals surface area contributed by atoms with Gasteiger partial charge in [-0.2, -0.15) is 0 Å². The zero-order chi connectivity index (χ0) is 20.8. The van der Waals surface area contributed by atoms with E-state index in [0.717, 1.165) is 12.0 Å². The van der Waals surface area contributed by atoms with Crippen molar-refractivity contribution in [2.24, 2.45) is 0 Å². The van der Waals surface area contributed by atoms with E-state index in [4.69, 9.17) is 9.47 Å². The molecule has 6 nitrogen and oxygen atoms in total. The highest BCUT2D eigenvalue weighted by molar-refractivity contribution is 6.01. The Labute approximate surface area is 170 Å². The zero-order valence-corrected chi connectivity index (χ0v) is 16.7. The van der Waals surface area contributed by atoms with Crippen LogP contribution in [0.25, 0.3) is 0 Å². The summed E-state index contributed by atoms with van der Waals surface area (Å²) < 4.78 is 10.6. The molecule has 3 rings (SSSR count). The number of nitrogens with zero attached hydrogens (tertiary/aromatic N) is 1. The van der Waals surface area contributed by atoms with E-state index in [1.165, 1.54) is 0 Å². The van der Waals surface area contributed by atoms with Gasteiger partial charge in [0.2, 0.25) is 5.91 Å². The monoisotopic (exact) mass is 395 g/mol. The number of benzene rings is 2. The first-order valence-corrected chi connectivity index (χ1v) is 9.76. The lowest BCUT2D eigenvalue weighted by Gasteiger charge is -2.16. The molecule has 1 amide bonds. The van der Waals surface area contributed by atoms with Crippen LogP contribution in [0, 0.1) is 0 Å². The van der Waals surface area contributed by atoms with Crippen molar-refractivity contribution < 1.29 is 23.9 Å². The molecule has 1 heterocycles. The average molecular weight is 395 g/mol. The Hall–Kier alpha value is -3.15. The summed E-state index contributed by atoms with van der Waals surface area (Å²) in [5.74, 6) is 0.0180. The van der Waals surface area contributed by atoms with Gasteiger partial charge in [-0.1, -0.05) is 44.2 Å². The molecule has 0 atom stereocenters. The number of esters is 1. The molecule has 29 heavy (non-hydrogen) atoms. The normalized spacial score (nSPS) is 13.6. The Bertz CT molecular complexity index is 906. The topological polar surface area (TPSA) is 72.9 Å². The fraction of sp³-hybridized carbons (Fsp3) is 0.348. The summed E-state index contributed by atoms with van der Waals surface area (Å²) in [6, 6.07) is 14.3. The largest absolute Gasteiger partial charge is 0.482 e. The number of ketones is 1. The van der Waals surface area contributed by atoms with E-state index in [-0.39, 0.29) is 30.8 Å². The Morgan fingerprint density at radius 2 is 1.86 bits per heavy atom. The second-order valence-corrected chi connectivity index (χ2v) is 7.26. The molecule has 2 aromatic carbocycles. The van der Waals surface area contributed by atoms with Crippen LogP contribution in [0.3, 0.4) is 0 Å². The van der Waals surface area contributed by atoms with E-state index in [0.29, 0.717) is 30.0 Å². The molecule has 0 spiro atoms. The number of carbonyl (C=O) groups excluding carboxylic acids is 3. The third-order valence-electron chi connectivity index (χ3n) is 4.80. The highest BCUT2D eigenvalue weighted by atomic mass is 16.6. The van der Waals surface area contributed by atoms with Gasteiger partial charge < -0.3 is 14.4 Å². The van der Waals surface area contributed by atoms with Gasteiger partial charge in [0, 0.05) is 24.2 Å². The minimum atomic E-state index is -0.609. The summed E-state index contributed by atoms with van der Waals surface area (Å²) in [6.07, 6.45) is 1.34. The molecule has 0 aromatic heterocycles. The van der Waals surface area contributed by atoms with E-state index in [1.807, 2.05) is 32.0 Å². The molecule has 0 saturated carbocycles. The summed E-state index contributed by atoms with van der Waals surface area (Å²) in [6.45, 7) is 4.11. The van der Waals surface area contributed by atoms with Crippen molar-refractivity contribution in [2.45, 2.75) is 32.6 Å². The summed E-state index contributed by atoms with van der Waals surface area (Å²) in [5, 5.41) is 0. The maximum absolute atomic E-state index is 12.4. The fourth-order valence-corrected chi connectivity index (χ4v) is 3.27. The molecule has 0 radical (unpaired) electrons. The van der Waals surface area contributed by atoms with Gasteiger partial charge in [-0.05, 0) is 36.1 Å². The number of hydrogen-bond donors (Lipinski definition) is 0. The van der Waals surface area contributed by atoms with Crippen LogP contribution in [-0.4, -0.2) is 37.4 Å². The quantitative estimate of drug-likeness (QED) is 0.503. The van der Waals surface area contributed by atoms with Crippen LogP contribution >= 0.6 is 0 Å². The van der Waals surface area contributed by atoms with E-state index < -0.39 is 5.97 Å². The molecule has 0 N–H and O–H groups in total. The standard InChI is InChI=1S/C23H25NO5/c1-16(2)19-9-3-4-10-21(19)28-15-23(27)29-14-20(25)17-7-5-8-18(13-17)24-12-6-11-22(24)26/h3-5,7-10,13,16H,6,11-12,14-15H2,1-2H3. The molecule has 6 heteroatoms. The predicted octanol–water partition coefficient (Wildman–Crippen LogP) is 3.74. The first-order chi connectivity index (χ1) is 14.0. The third kappa shape index (κ3) is 5.22. The van der Waals surface area contributed by atoms with Gasteiger partial charge in [-0.25, -0.2) is 4.79 Å². The predicted molar refractivity (Wildman–Crippen MR) is 109 cm³/mol. The number of rotatable bonds is 8. The van der Waals surface area contributed by atoms with Crippen LogP contribution in [0.1, 0.15) is 48.5 Å². The first-order valence-electron chi connectivity index (χ1n) is 9.76. The maximum Gasteiger partial charge on any atom is 0.344 e. The van der Waals surface area contributed by atoms with Crippen LogP contribution in [0.4, 0.5) is 5.69 Å². The summed E-state index contributed by atoms with van der Waals surface area (Å²) in [5.41, 5.74) is 2.10. The van der Waals surface area contributed by atoms with Crippen molar-refractivity contribution in [3.05, 3.63) is 59.7 Å². The SMILES string of the molecule is CC(C)c1ccccc1OCC(=O)OCC(=O)c1cccc(N2CCCC2=O)c1. The smallest absolute Gasteiger partial charge is 0.344 e. The third-order valence-corrected chi connectivity index (χ3v) is 4.80. The van der Waals surface area contributed by atoms with Gasteiger partial charge in [-0.3, -0.25) is 9.59 Å². The number of para-hydroxylation sites is 1. The van der Waals surface area contributed by atoms with Gasteiger partial charge in [0.1, 0.15) is 5.75 Å². The van der Waals surface area contributed by atoms with Crippen molar-refractivity contribution in [1.29, 1.82) is 0 Å². The van der Waals surface area contributed by atoms with E-state index in [1.54, 1.807) is 35.2 Å². The Kier molecular flexibility index (Phi) is 6.65. The molecule has 152 valence electrons. The molecule has 2 aromatic rings.